The molecule has 0 saturated carbocycles. The van der Waals surface area contributed by atoms with Crippen LogP contribution in [0.3, 0.4) is 0 Å². The van der Waals surface area contributed by atoms with E-state index in [-0.39, 0.29) is 17.4 Å². The molecule has 0 radical (unpaired) electrons. The number of rotatable bonds is 2. The van der Waals surface area contributed by atoms with Crippen molar-refractivity contribution in [2.24, 2.45) is 0 Å². The number of benzene rings is 2. The van der Waals surface area contributed by atoms with Crippen molar-refractivity contribution in [2.75, 3.05) is 36.4 Å². The number of anilines is 2. The Morgan fingerprint density at radius 2 is 1.64 bits per heavy atom. The average Bonchev–Trinajstić information content (AvgIpc) is 3.06. The van der Waals surface area contributed by atoms with Gasteiger partial charge in [-0.15, -0.1) is 0 Å². The summed E-state index contributed by atoms with van der Waals surface area (Å²) in [6, 6.07) is 10.1. The summed E-state index contributed by atoms with van der Waals surface area (Å²) in [5.41, 5.74) is 2.29. The molecule has 2 aliphatic heterocycles. The molecule has 2 aliphatic rings. The number of carbonyl (C=O) groups excluding carboxylic acids is 2. The van der Waals surface area contributed by atoms with E-state index in [2.05, 4.69) is 10.2 Å². The van der Waals surface area contributed by atoms with Gasteiger partial charge in [-0.2, -0.15) is 13.2 Å². The van der Waals surface area contributed by atoms with Crippen LogP contribution < -0.4 is 10.2 Å². The monoisotopic (exact) mass is 389 g/mol. The SMILES string of the molecule is O=C1Cc2cc(N3CCN(C(=O)c4ccc(C(F)(F)F)cc4)CC3)ccc2N1. The number of halogens is 3. The lowest BCUT2D eigenvalue weighted by molar-refractivity contribution is -0.137. The topological polar surface area (TPSA) is 52.7 Å². The fraction of sp³-hybridized carbons (Fsp3) is 0.300. The van der Waals surface area contributed by atoms with Crippen molar-refractivity contribution in [3.63, 3.8) is 0 Å². The second kappa shape index (κ2) is 6.85. The van der Waals surface area contributed by atoms with Crippen LogP contribution >= 0.6 is 0 Å². The number of carbonyl (C=O) groups is 2. The van der Waals surface area contributed by atoms with Crippen LogP contribution in [-0.4, -0.2) is 42.9 Å². The Bertz CT molecular complexity index is 917. The van der Waals surface area contributed by atoms with Crippen LogP contribution in [0.2, 0.25) is 0 Å². The zero-order valence-electron chi connectivity index (χ0n) is 14.9. The van der Waals surface area contributed by atoms with Crippen molar-refractivity contribution in [1.82, 2.24) is 4.90 Å². The summed E-state index contributed by atoms with van der Waals surface area (Å²) < 4.78 is 38.0. The zero-order chi connectivity index (χ0) is 19.9. The van der Waals surface area contributed by atoms with Crippen molar-refractivity contribution >= 4 is 23.2 Å². The summed E-state index contributed by atoms with van der Waals surface area (Å²) in [5.74, 6) is -0.281. The molecule has 2 aromatic carbocycles. The van der Waals surface area contributed by atoms with Crippen LogP contribution in [0.1, 0.15) is 21.5 Å². The van der Waals surface area contributed by atoms with E-state index in [1.54, 1.807) is 4.90 Å². The third-order valence-electron chi connectivity index (χ3n) is 5.11. The van der Waals surface area contributed by atoms with E-state index in [0.717, 1.165) is 29.1 Å². The van der Waals surface area contributed by atoms with Gasteiger partial charge in [0.25, 0.3) is 5.91 Å². The Labute approximate surface area is 159 Å². The molecule has 28 heavy (non-hydrogen) atoms. The van der Waals surface area contributed by atoms with E-state index in [9.17, 15) is 22.8 Å². The Morgan fingerprint density at radius 3 is 2.29 bits per heavy atom. The summed E-state index contributed by atoms with van der Waals surface area (Å²) >= 11 is 0. The molecule has 2 heterocycles. The summed E-state index contributed by atoms with van der Waals surface area (Å²) in [6.07, 6.45) is -4.04. The minimum absolute atomic E-state index is 0.0147. The molecule has 8 heteroatoms. The molecule has 0 atom stereocenters. The van der Waals surface area contributed by atoms with Gasteiger partial charge >= 0.3 is 6.18 Å². The Morgan fingerprint density at radius 1 is 0.964 bits per heavy atom. The lowest BCUT2D eigenvalue weighted by atomic mass is 10.1. The summed E-state index contributed by atoms with van der Waals surface area (Å²) in [6.45, 7) is 2.20. The molecule has 0 bridgehead atoms. The van der Waals surface area contributed by atoms with E-state index in [4.69, 9.17) is 0 Å². The first-order chi connectivity index (χ1) is 13.3. The second-order valence-corrected chi connectivity index (χ2v) is 6.92. The lowest BCUT2D eigenvalue weighted by Gasteiger charge is -2.36. The average molecular weight is 389 g/mol. The lowest BCUT2D eigenvalue weighted by Crippen LogP contribution is -2.48. The van der Waals surface area contributed by atoms with Crippen LogP contribution in [0.25, 0.3) is 0 Å². The first-order valence-corrected chi connectivity index (χ1v) is 8.95. The largest absolute Gasteiger partial charge is 0.416 e. The third-order valence-corrected chi connectivity index (χ3v) is 5.11. The van der Waals surface area contributed by atoms with Gasteiger partial charge < -0.3 is 15.1 Å². The number of hydrogen-bond acceptors (Lipinski definition) is 3. The predicted molar refractivity (Wildman–Crippen MR) is 98.3 cm³/mol. The molecule has 0 aromatic heterocycles. The number of amides is 2. The number of hydrogen-bond donors (Lipinski definition) is 1. The maximum Gasteiger partial charge on any atom is 0.416 e. The fourth-order valence-corrected chi connectivity index (χ4v) is 3.56. The van der Waals surface area contributed by atoms with E-state index in [1.165, 1.54) is 12.1 Å². The summed E-state index contributed by atoms with van der Waals surface area (Å²) in [5, 5.41) is 2.80. The summed E-state index contributed by atoms with van der Waals surface area (Å²) in [7, 11) is 0. The molecule has 0 unspecified atom stereocenters. The highest BCUT2D eigenvalue weighted by Crippen LogP contribution is 2.30. The second-order valence-electron chi connectivity index (χ2n) is 6.92. The smallest absolute Gasteiger partial charge is 0.368 e. The van der Waals surface area contributed by atoms with Gasteiger partial charge in [0, 0.05) is 43.1 Å². The number of piperazine rings is 1. The van der Waals surface area contributed by atoms with Gasteiger partial charge in [-0.3, -0.25) is 9.59 Å². The minimum atomic E-state index is -4.41. The van der Waals surface area contributed by atoms with Gasteiger partial charge in [-0.25, -0.2) is 0 Å². The molecule has 4 rings (SSSR count). The fourth-order valence-electron chi connectivity index (χ4n) is 3.56. The Balaban J connectivity index is 1.39. The van der Waals surface area contributed by atoms with E-state index < -0.39 is 11.7 Å². The molecule has 146 valence electrons. The molecule has 0 spiro atoms. The van der Waals surface area contributed by atoms with Crippen molar-refractivity contribution in [1.29, 1.82) is 0 Å². The first-order valence-electron chi connectivity index (χ1n) is 8.95. The minimum Gasteiger partial charge on any atom is -0.368 e. The maximum absolute atomic E-state index is 12.7. The van der Waals surface area contributed by atoms with Gasteiger partial charge in [-0.1, -0.05) is 0 Å². The molecule has 2 aromatic rings. The third kappa shape index (κ3) is 3.54. The van der Waals surface area contributed by atoms with Crippen molar-refractivity contribution in [2.45, 2.75) is 12.6 Å². The molecule has 1 fully saturated rings. The van der Waals surface area contributed by atoms with Gasteiger partial charge in [0.05, 0.1) is 12.0 Å². The van der Waals surface area contributed by atoms with Gasteiger partial charge in [-0.05, 0) is 48.0 Å². The van der Waals surface area contributed by atoms with Crippen molar-refractivity contribution < 1.29 is 22.8 Å². The standard InChI is InChI=1S/C20H18F3N3O2/c21-20(22,23)15-3-1-13(2-4-15)19(28)26-9-7-25(8-10-26)16-5-6-17-14(11-16)12-18(27)24-17/h1-6,11H,7-10,12H2,(H,24,27). The van der Waals surface area contributed by atoms with E-state index in [1.807, 2.05) is 18.2 Å². The van der Waals surface area contributed by atoms with Gasteiger partial charge in [0.2, 0.25) is 5.91 Å². The number of nitrogens with zero attached hydrogens (tertiary/aromatic N) is 2. The van der Waals surface area contributed by atoms with Crippen LogP contribution in [-0.2, 0) is 17.4 Å². The Kier molecular flexibility index (Phi) is 4.49. The number of fused-ring (bicyclic) bond motifs is 1. The van der Waals surface area contributed by atoms with Gasteiger partial charge in [0.15, 0.2) is 0 Å². The van der Waals surface area contributed by atoms with Gasteiger partial charge in [0.1, 0.15) is 0 Å². The van der Waals surface area contributed by atoms with Crippen LogP contribution in [0.15, 0.2) is 42.5 Å². The molecular formula is C20H18F3N3O2. The predicted octanol–water partition coefficient (Wildman–Crippen LogP) is 3.16. The number of alkyl halides is 3. The van der Waals surface area contributed by atoms with Crippen LogP contribution in [0.4, 0.5) is 24.5 Å². The molecule has 2 amide bonds. The van der Waals surface area contributed by atoms with E-state index >= 15 is 0 Å². The highest BCUT2D eigenvalue weighted by molar-refractivity contribution is 5.99. The molecule has 1 saturated heterocycles. The Hall–Kier alpha value is -3.03. The highest BCUT2D eigenvalue weighted by atomic mass is 19.4. The molecule has 1 N–H and O–H groups in total. The highest BCUT2D eigenvalue weighted by Gasteiger charge is 2.31. The molecule has 0 aliphatic carbocycles. The van der Waals surface area contributed by atoms with Crippen molar-refractivity contribution in [3.05, 3.63) is 59.2 Å². The van der Waals surface area contributed by atoms with Crippen LogP contribution in [0.5, 0.6) is 0 Å². The maximum atomic E-state index is 12.7. The van der Waals surface area contributed by atoms with Crippen LogP contribution in [0, 0.1) is 0 Å². The zero-order valence-corrected chi connectivity index (χ0v) is 14.9. The first kappa shape index (κ1) is 18.3. The quantitative estimate of drug-likeness (QED) is 0.859. The number of nitrogens with one attached hydrogen (secondary N) is 1. The molecule has 5 nitrogen and oxygen atoms in total. The van der Waals surface area contributed by atoms with Crippen molar-refractivity contribution in [3.8, 4) is 0 Å². The normalized spacial score (nSPS) is 16.8. The van der Waals surface area contributed by atoms with E-state index in [0.29, 0.717) is 32.6 Å². The summed E-state index contributed by atoms with van der Waals surface area (Å²) in [4.78, 5) is 27.8. The molecular weight excluding hydrogens is 371 g/mol.